The van der Waals surface area contributed by atoms with Crippen molar-refractivity contribution in [2.75, 3.05) is 39.6 Å². The van der Waals surface area contributed by atoms with Gasteiger partial charge in [0.15, 0.2) is 23.0 Å². The van der Waals surface area contributed by atoms with Crippen LogP contribution in [0.1, 0.15) is 20.7 Å². The van der Waals surface area contributed by atoms with E-state index in [1.54, 1.807) is 0 Å². The van der Waals surface area contributed by atoms with Crippen molar-refractivity contribution >= 4 is 11.9 Å². The molecule has 0 aliphatic rings. The maximum Gasteiger partial charge on any atom is 0.339 e. The van der Waals surface area contributed by atoms with Gasteiger partial charge in [0.05, 0.1) is 26.4 Å². The average molecular weight is 422 g/mol. The van der Waals surface area contributed by atoms with Gasteiger partial charge in [0.1, 0.15) is 24.3 Å². The number of ether oxygens (including phenoxy) is 4. The molecular formula is C20H22O10. The normalized spacial score (nSPS) is 10.5. The van der Waals surface area contributed by atoms with Crippen LogP contribution in [0.3, 0.4) is 0 Å². The molecule has 0 atom stereocenters. The summed E-state index contributed by atoms with van der Waals surface area (Å²) in [6.07, 6.45) is 0. The summed E-state index contributed by atoms with van der Waals surface area (Å²) in [7, 11) is 0. The Labute approximate surface area is 171 Å². The van der Waals surface area contributed by atoms with Gasteiger partial charge in [-0.1, -0.05) is 12.1 Å². The van der Waals surface area contributed by atoms with Crippen molar-refractivity contribution in [2.45, 2.75) is 0 Å². The van der Waals surface area contributed by atoms with Crippen molar-refractivity contribution < 1.29 is 49.0 Å². The van der Waals surface area contributed by atoms with Crippen LogP contribution in [0.5, 0.6) is 23.0 Å². The van der Waals surface area contributed by atoms with Crippen LogP contribution >= 0.6 is 0 Å². The molecule has 0 radical (unpaired) electrons. The van der Waals surface area contributed by atoms with Gasteiger partial charge in [-0.25, -0.2) is 9.59 Å². The number of para-hydroxylation sites is 2. The van der Waals surface area contributed by atoms with Crippen molar-refractivity contribution in [1.29, 1.82) is 0 Å². The average Bonchev–Trinajstić information content (AvgIpc) is 2.71. The lowest BCUT2D eigenvalue weighted by Gasteiger charge is -2.11. The topological polar surface area (TPSA) is 152 Å². The van der Waals surface area contributed by atoms with Gasteiger partial charge in [0.2, 0.25) is 0 Å². The van der Waals surface area contributed by atoms with Gasteiger partial charge in [-0.05, 0) is 24.3 Å². The van der Waals surface area contributed by atoms with E-state index in [0.717, 1.165) is 0 Å². The van der Waals surface area contributed by atoms with Crippen molar-refractivity contribution in [2.24, 2.45) is 0 Å². The maximum absolute atomic E-state index is 10.9. The van der Waals surface area contributed by atoms with E-state index in [1.165, 1.54) is 36.4 Å². The molecule has 0 fully saturated rings. The lowest BCUT2D eigenvalue weighted by molar-refractivity contribution is 0.0269. The minimum atomic E-state index is -1.25. The molecule has 10 heteroatoms. The number of carboxylic acid groups (broad SMARTS) is 2. The predicted molar refractivity (Wildman–Crippen MR) is 103 cm³/mol. The van der Waals surface area contributed by atoms with Gasteiger partial charge in [0, 0.05) is 0 Å². The van der Waals surface area contributed by atoms with Crippen LogP contribution in [0.15, 0.2) is 36.4 Å². The van der Waals surface area contributed by atoms with Crippen molar-refractivity contribution in [1.82, 2.24) is 0 Å². The molecule has 0 unspecified atom stereocenters. The van der Waals surface area contributed by atoms with Gasteiger partial charge in [-0.3, -0.25) is 0 Å². The number of benzene rings is 2. The fourth-order valence-corrected chi connectivity index (χ4v) is 2.37. The lowest BCUT2D eigenvalue weighted by Crippen LogP contribution is -2.13. The number of aromatic hydroxyl groups is 2. The number of carboxylic acids is 2. The van der Waals surface area contributed by atoms with Gasteiger partial charge < -0.3 is 39.4 Å². The van der Waals surface area contributed by atoms with Crippen LogP contribution in [0.4, 0.5) is 0 Å². The van der Waals surface area contributed by atoms with Crippen LogP contribution in [0, 0.1) is 0 Å². The summed E-state index contributed by atoms with van der Waals surface area (Å²) in [5, 5.41) is 37.5. The second-order valence-electron chi connectivity index (χ2n) is 5.84. The summed E-state index contributed by atoms with van der Waals surface area (Å²) in [4.78, 5) is 21.9. The molecule has 0 spiro atoms. The smallest absolute Gasteiger partial charge is 0.339 e. The zero-order chi connectivity index (χ0) is 21.9. The first kappa shape index (κ1) is 22.8. The summed E-state index contributed by atoms with van der Waals surface area (Å²) in [6, 6.07) is 8.38. The minimum Gasteiger partial charge on any atom is -0.504 e. The monoisotopic (exact) mass is 422 g/mol. The third-order valence-corrected chi connectivity index (χ3v) is 3.80. The third-order valence-electron chi connectivity index (χ3n) is 3.80. The second-order valence-corrected chi connectivity index (χ2v) is 5.84. The Morgan fingerprint density at radius 3 is 1.37 bits per heavy atom. The molecule has 4 N–H and O–H groups in total. The third kappa shape index (κ3) is 6.54. The Kier molecular flexibility index (Phi) is 8.73. The number of hydrogen-bond acceptors (Lipinski definition) is 8. The van der Waals surface area contributed by atoms with Crippen LogP contribution < -0.4 is 9.47 Å². The molecule has 0 aromatic heterocycles. The number of phenols is 2. The summed E-state index contributed by atoms with van der Waals surface area (Å²) in [6.45, 7) is 1.16. The summed E-state index contributed by atoms with van der Waals surface area (Å²) in [5.41, 5.74) is -0.487. The SMILES string of the molecule is O=C(O)c1cccc(OCCOCCOCCOc2cccc(C(=O)O)c2O)c1O. The van der Waals surface area contributed by atoms with E-state index >= 15 is 0 Å². The molecule has 0 saturated heterocycles. The highest BCUT2D eigenvalue weighted by atomic mass is 16.6. The van der Waals surface area contributed by atoms with Crippen molar-refractivity contribution in [3.8, 4) is 23.0 Å². The maximum atomic E-state index is 10.9. The number of hydrogen-bond donors (Lipinski definition) is 4. The summed E-state index contributed by atoms with van der Waals surface area (Å²) >= 11 is 0. The highest BCUT2D eigenvalue weighted by Crippen LogP contribution is 2.30. The Balaban J connectivity index is 1.56. The molecule has 2 aromatic rings. The Hall–Kier alpha value is -3.50. The second kappa shape index (κ2) is 11.5. The quantitative estimate of drug-likeness (QED) is 0.353. The first-order valence-electron chi connectivity index (χ1n) is 8.93. The first-order chi connectivity index (χ1) is 14.4. The molecule has 0 aliphatic carbocycles. The first-order valence-corrected chi connectivity index (χ1v) is 8.93. The molecule has 0 bridgehead atoms. The standard InChI is InChI=1S/C20H22O10/c21-17-13(19(23)24)3-1-5-15(17)29-11-9-27-7-8-28-10-12-30-16-6-2-4-14(18(16)22)20(25)26/h1-6,21-22H,7-12H2,(H,23,24)(H,25,26). The highest BCUT2D eigenvalue weighted by Gasteiger charge is 2.14. The van der Waals surface area contributed by atoms with Crippen molar-refractivity contribution in [3.05, 3.63) is 47.5 Å². The molecule has 0 saturated carbocycles. The van der Waals surface area contributed by atoms with Crippen LogP contribution in [0.2, 0.25) is 0 Å². The summed E-state index contributed by atoms with van der Waals surface area (Å²) < 4.78 is 21.2. The van der Waals surface area contributed by atoms with E-state index in [0.29, 0.717) is 0 Å². The molecular weight excluding hydrogens is 400 g/mol. The Morgan fingerprint density at radius 2 is 1.00 bits per heavy atom. The lowest BCUT2D eigenvalue weighted by atomic mass is 10.2. The van der Waals surface area contributed by atoms with Crippen LogP contribution in [0.25, 0.3) is 0 Å². The van der Waals surface area contributed by atoms with E-state index < -0.39 is 23.4 Å². The van der Waals surface area contributed by atoms with Gasteiger partial charge in [-0.2, -0.15) is 0 Å². The zero-order valence-corrected chi connectivity index (χ0v) is 15.9. The van der Waals surface area contributed by atoms with E-state index in [1.807, 2.05) is 0 Å². The molecule has 10 nitrogen and oxygen atoms in total. The molecule has 0 heterocycles. The zero-order valence-electron chi connectivity index (χ0n) is 15.9. The molecule has 30 heavy (non-hydrogen) atoms. The summed E-state index contributed by atoms with van der Waals surface area (Å²) in [5.74, 6) is -3.26. The van der Waals surface area contributed by atoms with E-state index in [2.05, 4.69) is 0 Å². The fraction of sp³-hybridized carbons (Fsp3) is 0.300. The van der Waals surface area contributed by atoms with Crippen molar-refractivity contribution in [3.63, 3.8) is 0 Å². The van der Waals surface area contributed by atoms with E-state index in [-0.39, 0.29) is 62.3 Å². The van der Waals surface area contributed by atoms with Gasteiger partial charge in [-0.15, -0.1) is 0 Å². The fourth-order valence-electron chi connectivity index (χ4n) is 2.37. The molecule has 0 amide bonds. The van der Waals surface area contributed by atoms with Crippen LogP contribution in [-0.4, -0.2) is 72.0 Å². The van der Waals surface area contributed by atoms with E-state index in [9.17, 15) is 19.8 Å². The number of carbonyl (C=O) groups is 2. The Bertz CT molecular complexity index is 793. The predicted octanol–water partition coefficient (Wildman–Crippen LogP) is 1.99. The number of rotatable bonds is 13. The molecule has 2 rings (SSSR count). The Morgan fingerprint density at radius 1 is 0.633 bits per heavy atom. The van der Waals surface area contributed by atoms with Gasteiger partial charge in [0.25, 0.3) is 0 Å². The number of aromatic carboxylic acids is 2. The molecule has 2 aromatic carbocycles. The highest BCUT2D eigenvalue weighted by molar-refractivity contribution is 5.92. The largest absolute Gasteiger partial charge is 0.504 e. The molecule has 162 valence electrons. The van der Waals surface area contributed by atoms with Gasteiger partial charge >= 0.3 is 11.9 Å². The van der Waals surface area contributed by atoms with E-state index in [4.69, 9.17) is 29.2 Å². The molecule has 0 aliphatic heterocycles. The van der Waals surface area contributed by atoms with Crippen LogP contribution in [-0.2, 0) is 9.47 Å². The minimum absolute atomic E-state index is 0.0575.